The molecule has 3 aromatic heterocycles. The molecular weight excluding hydrogens is 446 g/mol. The quantitative estimate of drug-likeness (QED) is 0.371. The topological polar surface area (TPSA) is 58.2 Å². The van der Waals surface area contributed by atoms with Crippen LogP contribution in [0.5, 0.6) is 5.75 Å². The van der Waals surface area contributed by atoms with Crippen molar-refractivity contribution in [2.45, 2.75) is 20.0 Å². The van der Waals surface area contributed by atoms with Gasteiger partial charge in [-0.25, -0.2) is 4.79 Å². The molecule has 0 amide bonds. The molecule has 0 spiro atoms. The highest BCUT2D eigenvalue weighted by molar-refractivity contribution is 7.10. The van der Waals surface area contributed by atoms with E-state index in [1.807, 2.05) is 67.8 Å². The zero-order chi connectivity index (χ0) is 23.7. The second-order valence-corrected chi connectivity index (χ2v) is 9.78. The summed E-state index contributed by atoms with van der Waals surface area (Å²) in [7, 11) is 3.26. The van der Waals surface area contributed by atoms with Crippen LogP contribution < -0.4 is 16.0 Å². The summed E-state index contributed by atoms with van der Waals surface area (Å²) in [6, 6.07) is 18.2. The van der Waals surface area contributed by atoms with Gasteiger partial charge in [-0.2, -0.15) is 0 Å². The van der Waals surface area contributed by atoms with Gasteiger partial charge < -0.3 is 9.30 Å². The molecule has 0 bridgehead atoms. The number of rotatable bonds is 2. The fourth-order valence-electron chi connectivity index (χ4n) is 5.00. The van der Waals surface area contributed by atoms with Crippen molar-refractivity contribution in [1.82, 2.24) is 13.7 Å². The van der Waals surface area contributed by atoms with Gasteiger partial charge in [-0.15, -0.1) is 11.3 Å². The van der Waals surface area contributed by atoms with Crippen LogP contribution in [0.25, 0.3) is 27.8 Å². The predicted molar refractivity (Wildman–Crippen MR) is 135 cm³/mol. The van der Waals surface area contributed by atoms with E-state index in [0.29, 0.717) is 10.9 Å². The minimum Gasteiger partial charge on any atom is -0.476 e. The van der Waals surface area contributed by atoms with Crippen LogP contribution in [0, 0.1) is 13.8 Å². The Morgan fingerprint density at radius 1 is 0.941 bits per heavy atom. The molecule has 5 aromatic rings. The van der Waals surface area contributed by atoms with Crippen molar-refractivity contribution < 1.29 is 4.74 Å². The number of nitrogens with zero attached hydrogens (tertiary/aromatic N) is 3. The van der Waals surface area contributed by atoms with E-state index in [1.165, 1.54) is 11.6 Å². The molecule has 1 aliphatic rings. The number of aromatic nitrogens is 3. The lowest BCUT2D eigenvalue weighted by Gasteiger charge is -2.29. The minimum absolute atomic E-state index is 0.308. The molecule has 0 radical (unpaired) electrons. The second kappa shape index (κ2) is 7.33. The van der Waals surface area contributed by atoms with Crippen LogP contribution in [0.4, 0.5) is 0 Å². The van der Waals surface area contributed by atoms with Gasteiger partial charge in [0.15, 0.2) is 6.10 Å². The van der Waals surface area contributed by atoms with Crippen LogP contribution in [0.3, 0.4) is 0 Å². The summed E-state index contributed by atoms with van der Waals surface area (Å²) in [6.07, 6.45) is -0.451. The third-order valence-electron chi connectivity index (χ3n) is 6.66. The van der Waals surface area contributed by atoms with Gasteiger partial charge in [0.05, 0.1) is 32.9 Å². The molecule has 0 N–H and O–H groups in total. The summed E-state index contributed by atoms with van der Waals surface area (Å²) in [4.78, 5) is 27.8. The molecule has 0 aliphatic carbocycles. The lowest BCUT2D eigenvalue weighted by Crippen LogP contribution is -2.37. The Kier molecular flexibility index (Phi) is 4.47. The van der Waals surface area contributed by atoms with Crippen LogP contribution in [0.2, 0.25) is 0 Å². The fraction of sp³-hybridized carbons (Fsp3) is 0.185. The molecule has 6 nitrogen and oxygen atoms in total. The molecule has 0 saturated heterocycles. The lowest BCUT2D eigenvalue weighted by molar-refractivity contribution is 0.233. The Bertz CT molecular complexity index is 1720. The Balaban J connectivity index is 1.92. The van der Waals surface area contributed by atoms with Gasteiger partial charge in [0, 0.05) is 19.7 Å². The molecule has 170 valence electrons. The fourth-order valence-corrected chi connectivity index (χ4v) is 5.75. The highest BCUT2D eigenvalue weighted by Crippen LogP contribution is 2.47. The first-order valence-electron chi connectivity index (χ1n) is 11.1. The number of hydrogen-bond donors (Lipinski definition) is 0. The van der Waals surface area contributed by atoms with Gasteiger partial charge in [-0.05, 0) is 48.6 Å². The zero-order valence-electron chi connectivity index (χ0n) is 19.3. The Labute approximate surface area is 199 Å². The summed E-state index contributed by atoms with van der Waals surface area (Å²) in [5.41, 5.74) is 5.48. The number of thiophene rings is 1. The predicted octanol–water partition coefficient (Wildman–Crippen LogP) is 4.86. The molecule has 0 unspecified atom stereocenters. The molecule has 7 heteroatoms. The van der Waals surface area contributed by atoms with Crippen LogP contribution in [0.15, 0.2) is 69.6 Å². The van der Waals surface area contributed by atoms with E-state index in [0.717, 1.165) is 44.4 Å². The highest BCUT2D eigenvalue weighted by atomic mass is 32.1. The minimum atomic E-state index is -0.451. The lowest BCUT2D eigenvalue weighted by atomic mass is 10.0. The second-order valence-electron chi connectivity index (χ2n) is 8.80. The number of fused-ring (bicyclic) bond motifs is 5. The average Bonchev–Trinajstić information content (AvgIpc) is 3.48. The summed E-state index contributed by atoms with van der Waals surface area (Å²) in [6.45, 7) is 4.08. The number of ether oxygens (including phenoxy) is 1. The molecule has 1 atom stereocenters. The van der Waals surface area contributed by atoms with Crippen LogP contribution in [0.1, 0.15) is 27.8 Å². The largest absolute Gasteiger partial charge is 0.476 e. The van der Waals surface area contributed by atoms with Crippen molar-refractivity contribution in [3.8, 4) is 22.7 Å². The SMILES string of the molecule is Cc1ccc2c(c1)-n1c(-c3ccccc3C)c3c(=O)n(C)c(=O)n(C)c3c1[C@H](c1cccs1)O2. The van der Waals surface area contributed by atoms with E-state index in [-0.39, 0.29) is 11.2 Å². The molecule has 0 fully saturated rings. The summed E-state index contributed by atoms with van der Waals surface area (Å²) in [5.74, 6) is 0.744. The zero-order valence-corrected chi connectivity index (χ0v) is 20.1. The van der Waals surface area contributed by atoms with E-state index >= 15 is 0 Å². The molecule has 4 heterocycles. The molecule has 34 heavy (non-hydrogen) atoms. The Morgan fingerprint density at radius 2 is 1.74 bits per heavy atom. The molecule has 2 aromatic carbocycles. The van der Waals surface area contributed by atoms with Gasteiger partial charge in [0.25, 0.3) is 5.56 Å². The van der Waals surface area contributed by atoms with Crippen molar-refractivity contribution in [2.75, 3.05) is 0 Å². The monoisotopic (exact) mass is 469 g/mol. The first kappa shape index (κ1) is 20.7. The number of hydrogen-bond acceptors (Lipinski definition) is 4. The third kappa shape index (κ3) is 2.73. The smallest absolute Gasteiger partial charge is 0.331 e. The highest BCUT2D eigenvalue weighted by Gasteiger charge is 2.36. The van der Waals surface area contributed by atoms with E-state index in [1.54, 1.807) is 23.0 Å². The third-order valence-corrected chi connectivity index (χ3v) is 7.57. The first-order valence-corrected chi connectivity index (χ1v) is 12.0. The number of aryl methyl sites for hydroxylation is 3. The van der Waals surface area contributed by atoms with E-state index in [4.69, 9.17) is 4.74 Å². The van der Waals surface area contributed by atoms with Gasteiger partial charge in [0.2, 0.25) is 0 Å². The molecule has 6 rings (SSSR count). The standard InChI is InChI=1S/C27H23N3O3S/c1-15-11-12-19-18(14-15)30-22(17-9-6-5-8-16(17)2)21-23(28(3)27(32)29(4)26(21)31)24(30)25(33-19)20-10-7-13-34-20/h5-14,25H,1-4H3/t25-/m0/s1. The average molecular weight is 470 g/mol. The molecule has 0 saturated carbocycles. The van der Waals surface area contributed by atoms with Gasteiger partial charge in [-0.1, -0.05) is 36.4 Å². The van der Waals surface area contributed by atoms with Crippen molar-refractivity contribution in [3.63, 3.8) is 0 Å². The maximum Gasteiger partial charge on any atom is 0.331 e. The first-order chi connectivity index (χ1) is 16.4. The summed E-state index contributed by atoms with van der Waals surface area (Å²) in [5, 5.41) is 2.53. The van der Waals surface area contributed by atoms with E-state index in [9.17, 15) is 9.59 Å². The van der Waals surface area contributed by atoms with Crippen molar-refractivity contribution in [2.24, 2.45) is 14.1 Å². The van der Waals surface area contributed by atoms with Gasteiger partial charge in [0.1, 0.15) is 5.75 Å². The summed E-state index contributed by atoms with van der Waals surface area (Å²) < 4.78 is 11.5. The summed E-state index contributed by atoms with van der Waals surface area (Å²) >= 11 is 1.60. The van der Waals surface area contributed by atoms with Gasteiger partial charge in [-0.3, -0.25) is 13.9 Å². The van der Waals surface area contributed by atoms with Crippen molar-refractivity contribution >= 4 is 22.2 Å². The molecule has 1 aliphatic heterocycles. The van der Waals surface area contributed by atoms with Gasteiger partial charge >= 0.3 is 5.69 Å². The molecular formula is C27H23N3O3S. The van der Waals surface area contributed by atoms with Crippen molar-refractivity contribution in [1.29, 1.82) is 0 Å². The maximum atomic E-state index is 13.7. The van der Waals surface area contributed by atoms with Crippen LogP contribution in [-0.2, 0) is 14.1 Å². The Morgan fingerprint density at radius 3 is 2.47 bits per heavy atom. The van der Waals surface area contributed by atoms with Crippen molar-refractivity contribution in [3.05, 3.63) is 103 Å². The number of benzene rings is 2. The van der Waals surface area contributed by atoms with Crippen LogP contribution in [-0.4, -0.2) is 13.7 Å². The maximum absolute atomic E-state index is 13.7. The van der Waals surface area contributed by atoms with Crippen LogP contribution >= 0.6 is 11.3 Å². The Hall–Kier alpha value is -3.84. The van der Waals surface area contributed by atoms with E-state index < -0.39 is 6.10 Å². The van der Waals surface area contributed by atoms with E-state index in [2.05, 4.69) is 10.6 Å². The normalized spacial score (nSPS) is 14.6.